The summed E-state index contributed by atoms with van der Waals surface area (Å²) in [5.41, 5.74) is 2.75. The Morgan fingerprint density at radius 2 is 2.05 bits per heavy atom. The van der Waals surface area contributed by atoms with E-state index in [-0.39, 0.29) is 5.56 Å². The maximum absolute atomic E-state index is 11.3. The third-order valence-corrected chi connectivity index (χ3v) is 3.82. The molecular weight excluding hydrogens is 268 g/mol. The molecule has 1 atom stereocenters. The number of methoxy groups -OCH3 is 1. The van der Waals surface area contributed by atoms with E-state index in [0.717, 1.165) is 6.42 Å². The van der Waals surface area contributed by atoms with Gasteiger partial charge in [0.25, 0.3) is 0 Å². The number of ether oxygens (including phenoxy) is 2. The van der Waals surface area contributed by atoms with E-state index in [4.69, 9.17) is 9.47 Å². The highest BCUT2D eigenvalue weighted by Crippen LogP contribution is 2.37. The zero-order chi connectivity index (χ0) is 14.8. The molecule has 0 spiro atoms. The highest BCUT2D eigenvalue weighted by atomic mass is 16.5. The Hall–Kier alpha value is -2.49. The Kier molecular flexibility index (Phi) is 3.52. The number of benzene rings is 2. The van der Waals surface area contributed by atoms with E-state index in [1.54, 1.807) is 12.1 Å². The molecule has 0 saturated heterocycles. The van der Waals surface area contributed by atoms with Crippen LogP contribution < -0.4 is 9.47 Å². The van der Waals surface area contributed by atoms with Crippen molar-refractivity contribution in [2.24, 2.45) is 0 Å². The summed E-state index contributed by atoms with van der Waals surface area (Å²) >= 11 is 0. The lowest BCUT2D eigenvalue weighted by molar-refractivity contribution is 0.0690. The van der Waals surface area contributed by atoms with Crippen LogP contribution in [0.25, 0.3) is 0 Å². The average molecular weight is 284 g/mol. The minimum absolute atomic E-state index is 0.127. The molecule has 1 aliphatic carbocycles. The van der Waals surface area contributed by atoms with Gasteiger partial charge in [-0.3, -0.25) is 0 Å². The molecule has 21 heavy (non-hydrogen) atoms. The first-order valence-corrected chi connectivity index (χ1v) is 6.81. The van der Waals surface area contributed by atoms with E-state index in [1.165, 1.54) is 24.3 Å². The van der Waals surface area contributed by atoms with Crippen LogP contribution in [-0.2, 0) is 6.42 Å². The van der Waals surface area contributed by atoms with Crippen LogP contribution in [0.4, 0.5) is 0 Å². The predicted octanol–water partition coefficient (Wildman–Crippen LogP) is 3.11. The third kappa shape index (κ3) is 2.44. The Bertz CT molecular complexity index is 678. The number of fused-ring (bicyclic) bond motifs is 1. The van der Waals surface area contributed by atoms with E-state index in [0.29, 0.717) is 24.0 Å². The molecule has 1 N–H and O–H groups in total. The minimum atomic E-state index is -1.02. The van der Waals surface area contributed by atoms with Gasteiger partial charge in [-0.15, -0.1) is 0 Å². The molecule has 0 aliphatic heterocycles. The summed E-state index contributed by atoms with van der Waals surface area (Å²) < 4.78 is 11.0. The van der Waals surface area contributed by atoms with Crippen LogP contribution in [0.5, 0.6) is 11.5 Å². The number of carboxylic acid groups (broad SMARTS) is 1. The lowest BCUT2D eigenvalue weighted by atomic mass is 9.78. The number of carboxylic acids is 1. The Labute approximate surface area is 122 Å². The molecule has 1 unspecified atom stereocenters. The van der Waals surface area contributed by atoms with Gasteiger partial charge in [0.2, 0.25) is 0 Å². The van der Waals surface area contributed by atoms with E-state index in [1.807, 2.05) is 12.1 Å². The Balaban J connectivity index is 1.78. The van der Waals surface area contributed by atoms with Crippen molar-refractivity contribution in [2.45, 2.75) is 12.3 Å². The predicted molar refractivity (Wildman–Crippen MR) is 78.3 cm³/mol. The normalized spacial score (nSPS) is 15.8. The molecule has 0 amide bonds. The molecule has 1 aliphatic rings. The van der Waals surface area contributed by atoms with E-state index in [2.05, 4.69) is 12.1 Å². The van der Waals surface area contributed by atoms with Gasteiger partial charge in [0.15, 0.2) is 11.5 Å². The minimum Gasteiger partial charge on any atom is -0.493 e. The summed E-state index contributed by atoms with van der Waals surface area (Å²) in [6.07, 6.45) is 0.966. The molecule has 2 aromatic rings. The number of aromatic carboxylic acids is 1. The maximum Gasteiger partial charge on any atom is 0.339 e. The van der Waals surface area contributed by atoms with Crippen molar-refractivity contribution < 1.29 is 19.4 Å². The van der Waals surface area contributed by atoms with Gasteiger partial charge in [0.1, 0.15) is 5.56 Å². The highest BCUT2D eigenvalue weighted by Gasteiger charge is 2.27. The largest absolute Gasteiger partial charge is 0.493 e. The van der Waals surface area contributed by atoms with Crippen LogP contribution in [0.1, 0.15) is 27.4 Å². The van der Waals surface area contributed by atoms with Gasteiger partial charge in [-0.05, 0) is 29.7 Å². The molecule has 0 heterocycles. The second-order valence-electron chi connectivity index (χ2n) is 5.05. The standard InChI is InChI=1S/C17H16O4/c1-20-15-8-4-7-14(17(18)19)16(15)21-10-12-9-11-5-2-3-6-13(11)12/h2-8,12H,9-10H2,1H3,(H,18,19). The van der Waals surface area contributed by atoms with Gasteiger partial charge >= 0.3 is 5.97 Å². The smallest absolute Gasteiger partial charge is 0.339 e. The molecule has 0 fully saturated rings. The van der Waals surface area contributed by atoms with Gasteiger partial charge in [-0.2, -0.15) is 0 Å². The van der Waals surface area contributed by atoms with Crippen molar-refractivity contribution in [1.82, 2.24) is 0 Å². The summed E-state index contributed by atoms with van der Waals surface area (Å²) in [4.78, 5) is 11.3. The highest BCUT2D eigenvalue weighted by molar-refractivity contribution is 5.92. The number of para-hydroxylation sites is 1. The van der Waals surface area contributed by atoms with Gasteiger partial charge < -0.3 is 14.6 Å². The van der Waals surface area contributed by atoms with Crippen LogP contribution >= 0.6 is 0 Å². The zero-order valence-corrected chi connectivity index (χ0v) is 11.7. The van der Waals surface area contributed by atoms with Crippen LogP contribution in [-0.4, -0.2) is 24.8 Å². The SMILES string of the molecule is COc1cccc(C(=O)O)c1OCC1Cc2ccccc21. The number of rotatable bonds is 5. The quantitative estimate of drug-likeness (QED) is 0.916. The average Bonchev–Trinajstić information content (AvgIpc) is 2.48. The van der Waals surface area contributed by atoms with Crippen molar-refractivity contribution in [2.75, 3.05) is 13.7 Å². The fourth-order valence-corrected chi connectivity index (χ4v) is 2.69. The summed E-state index contributed by atoms with van der Waals surface area (Å²) in [6.45, 7) is 0.456. The summed E-state index contributed by atoms with van der Waals surface area (Å²) in [5, 5.41) is 9.24. The second kappa shape index (κ2) is 5.48. The summed E-state index contributed by atoms with van der Waals surface area (Å²) in [6, 6.07) is 13.1. The van der Waals surface area contributed by atoms with Crippen molar-refractivity contribution >= 4 is 5.97 Å². The Morgan fingerprint density at radius 3 is 2.76 bits per heavy atom. The molecule has 0 aromatic heterocycles. The Morgan fingerprint density at radius 1 is 1.24 bits per heavy atom. The molecule has 0 bridgehead atoms. The first-order chi connectivity index (χ1) is 10.2. The number of hydrogen-bond acceptors (Lipinski definition) is 3. The molecule has 0 radical (unpaired) electrons. The molecule has 2 aromatic carbocycles. The van der Waals surface area contributed by atoms with Gasteiger partial charge in [0, 0.05) is 5.92 Å². The number of hydrogen-bond donors (Lipinski definition) is 1. The van der Waals surface area contributed by atoms with Crippen molar-refractivity contribution in [1.29, 1.82) is 0 Å². The van der Waals surface area contributed by atoms with E-state index < -0.39 is 5.97 Å². The monoisotopic (exact) mass is 284 g/mol. The van der Waals surface area contributed by atoms with Gasteiger partial charge in [-0.1, -0.05) is 30.3 Å². The second-order valence-corrected chi connectivity index (χ2v) is 5.05. The topological polar surface area (TPSA) is 55.8 Å². The van der Waals surface area contributed by atoms with Crippen LogP contribution in [0, 0.1) is 0 Å². The van der Waals surface area contributed by atoms with Crippen LogP contribution in [0.2, 0.25) is 0 Å². The molecular formula is C17H16O4. The molecule has 4 nitrogen and oxygen atoms in total. The fraction of sp³-hybridized carbons (Fsp3) is 0.235. The van der Waals surface area contributed by atoms with Gasteiger partial charge in [0.05, 0.1) is 13.7 Å². The molecule has 108 valence electrons. The van der Waals surface area contributed by atoms with Crippen LogP contribution in [0.15, 0.2) is 42.5 Å². The first kappa shape index (κ1) is 13.5. The lowest BCUT2D eigenvalue weighted by Crippen LogP contribution is -2.23. The summed E-state index contributed by atoms with van der Waals surface area (Å²) in [5.74, 6) is 0.0463. The summed E-state index contributed by atoms with van der Waals surface area (Å²) in [7, 11) is 1.51. The number of carbonyl (C=O) groups is 1. The maximum atomic E-state index is 11.3. The lowest BCUT2D eigenvalue weighted by Gasteiger charge is -2.30. The molecule has 4 heteroatoms. The van der Waals surface area contributed by atoms with Crippen LogP contribution in [0.3, 0.4) is 0 Å². The molecule has 0 saturated carbocycles. The first-order valence-electron chi connectivity index (χ1n) is 6.81. The van der Waals surface area contributed by atoms with Crippen molar-refractivity contribution in [3.05, 3.63) is 59.2 Å². The van der Waals surface area contributed by atoms with Gasteiger partial charge in [-0.25, -0.2) is 4.79 Å². The molecule has 3 rings (SSSR count). The van der Waals surface area contributed by atoms with Crippen molar-refractivity contribution in [3.63, 3.8) is 0 Å². The van der Waals surface area contributed by atoms with E-state index in [9.17, 15) is 9.90 Å². The zero-order valence-electron chi connectivity index (χ0n) is 11.7. The van der Waals surface area contributed by atoms with Crippen molar-refractivity contribution in [3.8, 4) is 11.5 Å². The van der Waals surface area contributed by atoms with E-state index >= 15 is 0 Å². The third-order valence-electron chi connectivity index (χ3n) is 3.82. The fourth-order valence-electron chi connectivity index (χ4n) is 2.69.